The lowest BCUT2D eigenvalue weighted by atomic mass is 9.80. The first-order valence-electron chi connectivity index (χ1n) is 20.8. The first-order chi connectivity index (χ1) is 30.1. The van der Waals surface area contributed by atoms with Crippen molar-refractivity contribution in [2.75, 3.05) is 4.90 Å². The number of thiophene rings is 2. The highest BCUT2D eigenvalue weighted by Crippen LogP contribution is 2.58. The molecule has 0 radical (unpaired) electrons. The average Bonchev–Trinajstić information content (AvgIpc) is 4.04. The van der Waals surface area contributed by atoms with E-state index in [1.54, 1.807) is 0 Å². The van der Waals surface area contributed by atoms with E-state index in [1.807, 2.05) is 22.7 Å². The van der Waals surface area contributed by atoms with Crippen LogP contribution >= 0.6 is 22.7 Å². The van der Waals surface area contributed by atoms with Crippen LogP contribution in [0.1, 0.15) is 24.0 Å². The van der Waals surface area contributed by atoms with Gasteiger partial charge < -0.3 is 9.47 Å². The molecule has 0 fully saturated rings. The van der Waals surface area contributed by atoms with Crippen LogP contribution in [0.25, 0.3) is 90.1 Å². The molecule has 61 heavy (non-hydrogen) atoms. The third-order valence-corrected chi connectivity index (χ3v) is 15.6. The molecule has 0 spiro atoms. The van der Waals surface area contributed by atoms with Gasteiger partial charge in [-0.25, -0.2) is 0 Å². The van der Waals surface area contributed by atoms with Crippen LogP contribution in [0.4, 0.5) is 11.4 Å². The van der Waals surface area contributed by atoms with E-state index in [9.17, 15) is 5.26 Å². The molecule has 0 amide bonds. The fourth-order valence-electron chi connectivity index (χ4n) is 10.7. The topological polar surface area (TPSA) is 32.0 Å². The molecule has 2 atom stereocenters. The molecule has 0 saturated heterocycles. The normalized spacial score (nSPS) is 17.0. The molecule has 0 bridgehead atoms. The summed E-state index contributed by atoms with van der Waals surface area (Å²) in [6, 6.07) is 62.5. The molecular weight excluding hydrogens is 779 g/mol. The predicted molar refractivity (Wildman–Crippen MR) is 260 cm³/mol. The van der Waals surface area contributed by atoms with Crippen molar-refractivity contribution in [3.63, 3.8) is 0 Å². The van der Waals surface area contributed by atoms with Gasteiger partial charge in [0.05, 0.1) is 33.5 Å². The SMILES string of the molecule is CC12C=CC=CC1c1ccccc1N2c1cc(-n2c3ccccc3c3ccccc32)c(-c2cccc3sc4ccccc4c23)c(C#N)c1-c1ccc2sc3ccccc3c2c1. The molecule has 0 saturated carbocycles. The number of rotatable bonds is 4. The van der Waals surface area contributed by atoms with Gasteiger partial charge in [0.1, 0.15) is 6.07 Å². The fourth-order valence-corrected chi connectivity index (χ4v) is 12.9. The zero-order valence-corrected chi connectivity index (χ0v) is 34.8. The van der Waals surface area contributed by atoms with Crippen LogP contribution in [-0.4, -0.2) is 10.1 Å². The monoisotopic (exact) mass is 813 g/mol. The molecule has 3 aromatic heterocycles. The Morgan fingerprint density at radius 2 is 1.18 bits per heavy atom. The molecule has 13 rings (SSSR count). The van der Waals surface area contributed by atoms with Crippen LogP contribution in [0.5, 0.6) is 0 Å². The van der Waals surface area contributed by atoms with Gasteiger partial charge in [0.25, 0.3) is 0 Å². The van der Waals surface area contributed by atoms with E-state index in [-0.39, 0.29) is 5.92 Å². The van der Waals surface area contributed by atoms with Crippen molar-refractivity contribution < 1.29 is 0 Å². The smallest absolute Gasteiger partial charge is 0.101 e. The van der Waals surface area contributed by atoms with Crippen LogP contribution in [0.3, 0.4) is 0 Å². The Hall–Kier alpha value is -7.23. The van der Waals surface area contributed by atoms with Gasteiger partial charge >= 0.3 is 0 Å². The third kappa shape index (κ3) is 4.78. The van der Waals surface area contributed by atoms with E-state index in [1.165, 1.54) is 56.7 Å². The van der Waals surface area contributed by atoms with Gasteiger partial charge in [0.2, 0.25) is 0 Å². The van der Waals surface area contributed by atoms with Crippen LogP contribution in [0.2, 0.25) is 0 Å². The number of benzene rings is 8. The highest BCUT2D eigenvalue weighted by Gasteiger charge is 2.48. The maximum atomic E-state index is 12.1. The molecule has 2 unspecified atom stereocenters. The summed E-state index contributed by atoms with van der Waals surface area (Å²) in [4.78, 5) is 2.54. The summed E-state index contributed by atoms with van der Waals surface area (Å²) in [6.45, 7) is 2.36. The number of aromatic nitrogens is 1. The number of anilines is 2. The molecule has 0 N–H and O–H groups in total. The van der Waals surface area contributed by atoms with Crippen LogP contribution in [-0.2, 0) is 0 Å². The Morgan fingerprint density at radius 1 is 0.541 bits per heavy atom. The molecular formula is C56H35N3S2. The van der Waals surface area contributed by atoms with Crippen LogP contribution in [0.15, 0.2) is 188 Å². The van der Waals surface area contributed by atoms with Crippen molar-refractivity contribution in [1.82, 2.24) is 4.57 Å². The number of hydrogen-bond donors (Lipinski definition) is 0. The van der Waals surface area contributed by atoms with E-state index in [0.717, 1.165) is 50.3 Å². The van der Waals surface area contributed by atoms with Crippen molar-refractivity contribution in [2.45, 2.75) is 18.4 Å². The molecule has 1 aliphatic heterocycles. The first kappa shape index (κ1) is 34.6. The molecule has 286 valence electrons. The molecule has 8 aromatic carbocycles. The standard InChI is InChI=1S/C56H35N3S2/c1-56-30-13-12-21-43(56)38-18-4-9-24-46(38)59(56)48-32-47(58-44-22-7-2-15-35(44)36-16-3-8-23-45(36)58)54(40-20-14-27-52-55(40)39-19-6-11-26-50(39)61-52)42(33-57)53(48)34-28-29-51-41(31-34)37-17-5-10-25-49(37)60-51/h2-32,43H,1H3. The molecule has 5 heteroatoms. The largest absolute Gasteiger partial charge is 0.330 e. The predicted octanol–water partition coefficient (Wildman–Crippen LogP) is 15.8. The minimum absolute atomic E-state index is 0.123. The second-order valence-corrected chi connectivity index (χ2v) is 18.6. The zero-order chi connectivity index (χ0) is 40.4. The van der Waals surface area contributed by atoms with Crippen LogP contribution < -0.4 is 4.90 Å². The number of allylic oxidation sites excluding steroid dienone is 2. The van der Waals surface area contributed by atoms with E-state index in [0.29, 0.717) is 5.56 Å². The minimum Gasteiger partial charge on any atom is -0.330 e. The molecule has 4 heterocycles. The van der Waals surface area contributed by atoms with Gasteiger partial charge in [-0.3, -0.25) is 0 Å². The Labute approximate surface area is 360 Å². The van der Waals surface area contributed by atoms with Crippen molar-refractivity contribution in [3.8, 4) is 34.0 Å². The second kappa shape index (κ2) is 12.9. The Balaban J connectivity index is 1.25. The highest BCUT2D eigenvalue weighted by atomic mass is 32.1. The summed E-state index contributed by atoms with van der Waals surface area (Å²) in [5.41, 5.74) is 10.8. The Bertz CT molecular complexity index is 3720. The maximum absolute atomic E-state index is 12.1. The summed E-state index contributed by atoms with van der Waals surface area (Å²) in [7, 11) is 0. The van der Waals surface area contributed by atoms with E-state index in [4.69, 9.17) is 0 Å². The van der Waals surface area contributed by atoms with Crippen LogP contribution in [0, 0.1) is 11.3 Å². The lowest BCUT2D eigenvalue weighted by Crippen LogP contribution is -2.42. The number of nitrogens with zero attached hydrogens (tertiary/aromatic N) is 3. The molecule has 11 aromatic rings. The summed E-state index contributed by atoms with van der Waals surface area (Å²) in [6.07, 6.45) is 9.07. The van der Waals surface area contributed by atoms with E-state index < -0.39 is 5.54 Å². The number of para-hydroxylation sites is 3. The fraction of sp³-hybridized carbons (Fsp3) is 0.0536. The minimum atomic E-state index is -0.442. The van der Waals surface area contributed by atoms with Crippen molar-refractivity contribution in [3.05, 3.63) is 199 Å². The lowest BCUT2D eigenvalue weighted by Gasteiger charge is -2.41. The number of hydrogen-bond acceptors (Lipinski definition) is 4. The highest BCUT2D eigenvalue weighted by molar-refractivity contribution is 7.26. The first-order valence-corrected chi connectivity index (χ1v) is 22.4. The lowest BCUT2D eigenvalue weighted by molar-refractivity contribution is 0.542. The second-order valence-electron chi connectivity index (χ2n) is 16.4. The summed E-state index contributed by atoms with van der Waals surface area (Å²) in [5, 5.41) is 19.3. The van der Waals surface area contributed by atoms with Crippen molar-refractivity contribution in [2.24, 2.45) is 0 Å². The summed E-state index contributed by atoms with van der Waals surface area (Å²) in [5.74, 6) is 0.123. The molecule has 2 aliphatic rings. The third-order valence-electron chi connectivity index (χ3n) is 13.3. The van der Waals surface area contributed by atoms with Gasteiger partial charge in [0.15, 0.2) is 0 Å². The van der Waals surface area contributed by atoms with Gasteiger partial charge in [-0.05, 0) is 78.2 Å². The number of fused-ring (bicyclic) bond motifs is 12. The van der Waals surface area contributed by atoms with Crippen molar-refractivity contribution >= 4 is 96.2 Å². The maximum Gasteiger partial charge on any atom is 0.101 e. The summed E-state index contributed by atoms with van der Waals surface area (Å²) >= 11 is 3.64. The Kier molecular flexibility index (Phi) is 7.31. The van der Waals surface area contributed by atoms with Gasteiger partial charge in [-0.2, -0.15) is 5.26 Å². The van der Waals surface area contributed by atoms with Crippen molar-refractivity contribution in [1.29, 1.82) is 5.26 Å². The van der Waals surface area contributed by atoms with Gasteiger partial charge in [-0.1, -0.05) is 133 Å². The quantitative estimate of drug-likeness (QED) is 0.177. The molecule has 3 nitrogen and oxygen atoms in total. The van der Waals surface area contributed by atoms with E-state index in [2.05, 4.69) is 211 Å². The van der Waals surface area contributed by atoms with E-state index >= 15 is 0 Å². The number of nitriles is 1. The summed E-state index contributed by atoms with van der Waals surface area (Å²) < 4.78 is 7.36. The Morgan fingerprint density at radius 3 is 1.97 bits per heavy atom. The van der Waals surface area contributed by atoms with Gasteiger partial charge in [-0.15, -0.1) is 22.7 Å². The molecule has 1 aliphatic carbocycles. The zero-order valence-electron chi connectivity index (χ0n) is 33.1. The van der Waals surface area contributed by atoms with Gasteiger partial charge in [0, 0.05) is 73.8 Å². The average molecular weight is 814 g/mol.